The highest BCUT2D eigenvalue weighted by atomic mass is 16.1. The molecule has 0 aliphatic rings. The van der Waals surface area contributed by atoms with E-state index in [0.717, 1.165) is 26.1 Å². The van der Waals surface area contributed by atoms with Crippen molar-refractivity contribution in [1.82, 2.24) is 9.47 Å². The van der Waals surface area contributed by atoms with E-state index in [0.29, 0.717) is 13.1 Å². The van der Waals surface area contributed by atoms with Gasteiger partial charge in [0.15, 0.2) is 0 Å². The van der Waals surface area contributed by atoms with Crippen molar-refractivity contribution in [2.24, 2.45) is 5.73 Å². The largest absolute Gasteiger partial charge is 0.330 e. The number of pyridine rings is 1. The fourth-order valence-electron chi connectivity index (χ4n) is 2.32. The van der Waals surface area contributed by atoms with E-state index in [1.54, 1.807) is 16.7 Å². The zero-order valence-corrected chi connectivity index (χ0v) is 12.3. The molecule has 0 radical (unpaired) electrons. The van der Waals surface area contributed by atoms with Gasteiger partial charge in [-0.05, 0) is 31.1 Å². The summed E-state index contributed by atoms with van der Waals surface area (Å²) in [6, 6.07) is 15.7. The van der Waals surface area contributed by atoms with Gasteiger partial charge in [0, 0.05) is 31.9 Å². The summed E-state index contributed by atoms with van der Waals surface area (Å²) in [5, 5.41) is 0. The van der Waals surface area contributed by atoms with Crippen LogP contribution in [0.3, 0.4) is 0 Å². The molecular formula is C17H23N3O. The van der Waals surface area contributed by atoms with E-state index >= 15 is 0 Å². The second-order valence-corrected chi connectivity index (χ2v) is 5.14. The Hall–Kier alpha value is -1.91. The topological polar surface area (TPSA) is 51.3 Å². The SMILES string of the molecule is NCCCN(CCn1ccccc1=O)Cc1ccccc1. The number of nitrogens with zero attached hydrogens (tertiary/aromatic N) is 2. The Morgan fingerprint density at radius 3 is 2.48 bits per heavy atom. The van der Waals surface area contributed by atoms with Gasteiger partial charge in [-0.2, -0.15) is 0 Å². The van der Waals surface area contributed by atoms with Gasteiger partial charge in [0.25, 0.3) is 5.56 Å². The summed E-state index contributed by atoms with van der Waals surface area (Å²) in [5.41, 5.74) is 6.96. The molecule has 0 bridgehead atoms. The van der Waals surface area contributed by atoms with Crippen LogP contribution in [0.25, 0.3) is 0 Å². The molecule has 0 spiro atoms. The van der Waals surface area contributed by atoms with Crippen LogP contribution >= 0.6 is 0 Å². The fraction of sp³-hybridized carbons (Fsp3) is 0.353. The Bertz CT molecular complexity index is 580. The normalized spacial score (nSPS) is 11.0. The molecule has 0 fully saturated rings. The van der Waals surface area contributed by atoms with Crippen molar-refractivity contribution in [3.63, 3.8) is 0 Å². The predicted octanol–water partition coefficient (Wildman–Crippen LogP) is 1.70. The highest BCUT2D eigenvalue weighted by Crippen LogP contribution is 2.05. The number of hydrogen-bond acceptors (Lipinski definition) is 3. The summed E-state index contributed by atoms with van der Waals surface area (Å²) in [4.78, 5) is 14.1. The molecule has 0 saturated carbocycles. The van der Waals surface area contributed by atoms with Crippen molar-refractivity contribution in [3.05, 3.63) is 70.6 Å². The summed E-state index contributed by atoms with van der Waals surface area (Å²) in [5.74, 6) is 0. The van der Waals surface area contributed by atoms with Crippen LogP contribution in [0.15, 0.2) is 59.5 Å². The van der Waals surface area contributed by atoms with E-state index in [1.165, 1.54) is 5.56 Å². The van der Waals surface area contributed by atoms with Crippen molar-refractivity contribution in [1.29, 1.82) is 0 Å². The van der Waals surface area contributed by atoms with Crippen LogP contribution in [0.1, 0.15) is 12.0 Å². The van der Waals surface area contributed by atoms with E-state index in [4.69, 9.17) is 5.73 Å². The molecule has 21 heavy (non-hydrogen) atoms. The van der Waals surface area contributed by atoms with Gasteiger partial charge < -0.3 is 10.3 Å². The van der Waals surface area contributed by atoms with Crippen LogP contribution in [0.2, 0.25) is 0 Å². The second kappa shape index (κ2) is 8.39. The molecule has 4 nitrogen and oxygen atoms in total. The molecule has 2 aromatic rings. The zero-order chi connectivity index (χ0) is 14.9. The highest BCUT2D eigenvalue weighted by molar-refractivity contribution is 5.14. The Morgan fingerprint density at radius 2 is 1.76 bits per heavy atom. The van der Waals surface area contributed by atoms with Gasteiger partial charge in [-0.25, -0.2) is 0 Å². The first-order chi connectivity index (χ1) is 10.3. The minimum Gasteiger partial charge on any atom is -0.330 e. The Morgan fingerprint density at radius 1 is 1.00 bits per heavy atom. The lowest BCUT2D eigenvalue weighted by molar-refractivity contribution is 0.252. The highest BCUT2D eigenvalue weighted by Gasteiger charge is 2.06. The van der Waals surface area contributed by atoms with Crippen molar-refractivity contribution in [2.75, 3.05) is 19.6 Å². The molecule has 1 aromatic heterocycles. The summed E-state index contributed by atoms with van der Waals surface area (Å²) in [7, 11) is 0. The van der Waals surface area contributed by atoms with Crippen molar-refractivity contribution in [3.8, 4) is 0 Å². The van der Waals surface area contributed by atoms with Crippen molar-refractivity contribution >= 4 is 0 Å². The number of aromatic nitrogens is 1. The first-order valence-corrected chi connectivity index (χ1v) is 7.41. The van der Waals surface area contributed by atoms with Crippen LogP contribution in [0.4, 0.5) is 0 Å². The fourth-order valence-corrected chi connectivity index (χ4v) is 2.32. The molecule has 1 heterocycles. The Balaban J connectivity index is 1.96. The molecule has 1 aromatic carbocycles. The standard InChI is InChI=1S/C17H23N3O/c18-10-6-11-19(15-16-7-2-1-3-8-16)13-14-20-12-5-4-9-17(20)21/h1-5,7-9,12H,6,10-11,13-15,18H2. The maximum atomic E-state index is 11.7. The third-order valence-corrected chi connectivity index (χ3v) is 3.48. The molecule has 0 aliphatic carbocycles. The van der Waals surface area contributed by atoms with Crippen LogP contribution in [0, 0.1) is 0 Å². The smallest absolute Gasteiger partial charge is 0.250 e. The molecule has 2 N–H and O–H groups in total. The molecule has 0 unspecified atom stereocenters. The minimum atomic E-state index is 0.0518. The average Bonchev–Trinajstić information content (AvgIpc) is 2.52. The number of hydrogen-bond donors (Lipinski definition) is 1. The lowest BCUT2D eigenvalue weighted by atomic mass is 10.2. The predicted molar refractivity (Wildman–Crippen MR) is 86.1 cm³/mol. The number of rotatable bonds is 8. The van der Waals surface area contributed by atoms with Crippen LogP contribution < -0.4 is 11.3 Å². The number of nitrogens with two attached hydrogens (primary N) is 1. The summed E-state index contributed by atoms with van der Waals surface area (Å²) in [6.07, 6.45) is 2.81. The summed E-state index contributed by atoms with van der Waals surface area (Å²) >= 11 is 0. The molecule has 2 rings (SSSR count). The molecule has 0 aliphatic heterocycles. The first kappa shape index (κ1) is 15.5. The first-order valence-electron chi connectivity index (χ1n) is 7.41. The van der Waals surface area contributed by atoms with E-state index in [-0.39, 0.29) is 5.56 Å². The third-order valence-electron chi connectivity index (χ3n) is 3.48. The van der Waals surface area contributed by atoms with Crippen molar-refractivity contribution in [2.45, 2.75) is 19.5 Å². The maximum absolute atomic E-state index is 11.7. The quantitative estimate of drug-likeness (QED) is 0.803. The third kappa shape index (κ3) is 5.17. The zero-order valence-electron chi connectivity index (χ0n) is 12.3. The monoisotopic (exact) mass is 285 g/mol. The minimum absolute atomic E-state index is 0.0518. The van der Waals surface area contributed by atoms with Gasteiger partial charge in [0.2, 0.25) is 0 Å². The van der Waals surface area contributed by atoms with E-state index in [2.05, 4.69) is 29.2 Å². The van der Waals surface area contributed by atoms with Gasteiger partial charge >= 0.3 is 0 Å². The lowest BCUT2D eigenvalue weighted by Crippen LogP contribution is -2.31. The molecule has 112 valence electrons. The van der Waals surface area contributed by atoms with Crippen LogP contribution in [-0.4, -0.2) is 29.1 Å². The maximum Gasteiger partial charge on any atom is 0.250 e. The molecule has 4 heteroatoms. The van der Waals surface area contributed by atoms with Gasteiger partial charge in [-0.3, -0.25) is 9.69 Å². The molecule has 0 atom stereocenters. The van der Waals surface area contributed by atoms with E-state index < -0.39 is 0 Å². The van der Waals surface area contributed by atoms with Gasteiger partial charge in [0.1, 0.15) is 0 Å². The Labute approximate surface area is 125 Å². The lowest BCUT2D eigenvalue weighted by Gasteiger charge is -2.22. The molecule has 0 amide bonds. The van der Waals surface area contributed by atoms with E-state index in [1.807, 2.05) is 18.3 Å². The van der Waals surface area contributed by atoms with Gasteiger partial charge in [-0.15, -0.1) is 0 Å². The second-order valence-electron chi connectivity index (χ2n) is 5.14. The summed E-state index contributed by atoms with van der Waals surface area (Å²) < 4.78 is 1.75. The van der Waals surface area contributed by atoms with E-state index in [9.17, 15) is 4.79 Å². The number of benzene rings is 1. The summed E-state index contributed by atoms with van der Waals surface area (Å²) in [6.45, 7) is 4.09. The van der Waals surface area contributed by atoms with Crippen LogP contribution in [-0.2, 0) is 13.1 Å². The Kier molecular flexibility index (Phi) is 6.19. The van der Waals surface area contributed by atoms with Gasteiger partial charge in [0.05, 0.1) is 0 Å². The molecule has 0 saturated heterocycles. The van der Waals surface area contributed by atoms with Gasteiger partial charge in [-0.1, -0.05) is 36.4 Å². The average molecular weight is 285 g/mol. The van der Waals surface area contributed by atoms with Crippen LogP contribution in [0.5, 0.6) is 0 Å². The molecular weight excluding hydrogens is 262 g/mol. The van der Waals surface area contributed by atoms with Crippen molar-refractivity contribution < 1.29 is 0 Å².